The zero-order valence-corrected chi connectivity index (χ0v) is 12.7. The minimum Gasteiger partial charge on any atom is -0.380 e. The van der Waals surface area contributed by atoms with Crippen LogP contribution in [0.2, 0.25) is 10.0 Å². The summed E-state index contributed by atoms with van der Waals surface area (Å²) in [6.07, 6.45) is 0. The minimum absolute atomic E-state index is 0.572. The number of hydrogen-bond donors (Lipinski definition) is 1. The van der Waals surface area contributed by atoms with E-state index in [1.165, 1.54) is 10.4 Å². The SMILES string of the molecule is CCNCc1sc2cc(Cl)cc(Cl)c2c1COC. The maximum absolute atomic E-state index is 6.30. The molecule has 0 amide bonds. The van der Waals surface area contributed by atoms with E-state index >= 15 is 0 Å². The van der Waals surface area contributed by atoms with Crippen LogP contribution in [0.5, 0.6) is 0 Å². The lowest BCUT2D eigenvalue weighted by molar-refractivity contribution is 0.185. The topological polar surface area (TPSA) is 21.3 Å². The van der Waals surface area contributed by atoms with Crippen LogP contribution >= 0.6 is 34.5 Å². The average Bonchev–Trinajstić information content (AvgIpc) is 2.65. The first-order chi connectivity index (χ1) is 8.67. The first-order valence-electron chi connectivity index (χ1n) is 5.76. The maximum Gasteiger partial charge on any atom is 0.0731 e. The summed E-state index contributed by atoms with van der Waals surface area (Å²) in [7, 11) is 1.70. The van der Waals surface area contributed by atoms with Crippen LogP contribution in [0.25, 0.3) is 10.1 Å². The highest BCUT2D eigenvalue weighted by molar-refractivity contribution is 7.19. The van der Waals surface area contributed by atoms with Gasteiger partial charge in [-0.3, -0.25) is 0 Å². The van der Waals surface area contributed by atoms with Crippen molar-refractivity contribution in [2.45, 2.75) is 20.1 Å². The average molecular weight is 304 g/mol. The molecule has 2 rings (SSSR count). The number of methoxy groups -OCH3 is 1. The van der Waals surface area contributed by atoms with Crippen LogP contribution in [-0.4, -0.2) is 13.7 Å². The molecular formula is C13H15Cl2NOS. The Bertz CT molecular complexity index is 553. The van der Waals surface area contributed by atoms with Gasteiger partial charge in [0.2, 0.25) is 0 Å². The van der Waals surface area contributed by atoms with Gasteiger partial charge >= 0.3 is 0 Å². The molecular weight excluding hydrogens is 289 g/mol. The predicted molar refractivity (Wildman–Crippen MR) is 79.9 cm³/mol. The van der Waals surface area contributed by atoms with Crippen molar-refractivity contribution in [3.05, 3.63) is 32.6 Å². The van der Waals surface area contributed by atoms with Gasteiger partial charge in [-0.15, -0.1) is 11.3 Å². The molecule has 1 aromatic carbocycles. The Hall–Kier alpha value is -0.320. The summed E-state index contributed by atoms with van der Waals surface area (Å²) in [6.45, 7) is 4.44. The number of benzene rings is 1. The second-order valence-corrected chi connectivity index (χ2v) is 5.96. The molecule has 1 aromatic heterocycles. The fraction of sp³-hybridized carbons (Fsp3) is 0.385. The number of fused-ring (bicyclic) bond motifs is 1. The lowest BCUT2D eigenvalue weighted by Gasteiger charge is -2.05. The van der Waals surface area contributed by atoms with Gasteiger partial charge in [0.1, 0.15) is 0 Å². The Morgan fingerprint density at radius 3 is 2.78 bits per heavy atom. The molecule has 0 aliphatic heterocycles. The molecule has 0 saturated carbocycles. The molecule has 0 saturated heterocycles. The van der Waals surface area contributed by atoms with Gasteiger partial charge in [0.05, 0.1) is 11.6 Å². The number of ether oxygens (including phenoxy) is 1. The zero-order chi connectivity index (χ0) is 13.1. The molecule has 18 heavy (non-hydrogen) atoms. The summed E-state index contributed by atoms with van der Waals surface area (Å²) >= 11 is 14.1. The summed E-state index contributed by atoms with van der Waals surface area (Å²) < 4.78 is 6.41. The van der Waals surface area contributed by atoms with Crippen molar-refractivity contribution in [3.8, 4) is 0 Å². The van der Waals surface area contributed by atoms with Crippen molar-refractivity contribution in [1.82, 2.24) is 5.32 Å². The summed E-state index contributed by atoms with van der Waals surface area (Å²) in [6, 6.07) is 3.75. The van der Waals surface area contributed by atoms with Gasteiger partial charge in [-0.1, -0.05) is 30.1 Å². The van der Waals surface area contributed by atoms with Gasteiger partial charge in [0.15, 0.2) is 0 Å². The number of halogens is 2. The molecule has 0 unspecified atom stereocenters. The molecule has 98 valence electrons. The molecule has 1 N–H and O–H groups in total. The predicted octanol–water partition coefficient (Wildman–Crippen LogP) is 4.46. The van der Waals surface area contributed by atoms with E-state index in [1.54, 1.807) is 24.5 Å². The van der Waals surface area contributed by atoms with E-state index in [0.717, 1.165) is 23.2 Å². The molecule has 1 heterocycles. The molecule has 0 aliphatic rings. The summed E-state index contributed by atoms with van der Waals surface area (Å²) in [4.78, 5) is 1.26. The third-order valence-corrected chi connectivity index (χ3v) is 4.41. The monoisotopic (exact) mass is 303 g/mol. The number of rotatable bonds is 5. The van der Waals surface area contributed by atoms with E-state index in [9.17, 15) is 0 Å². The number of thiophene rings is 1. The molecule has 0 radical (unpaired) electrons. The Balaban J connectivity index is 2.56. The smallest absolute Gasteiger partial charge is 0.0731 e. The van der Waals surface area contributed by atoms with Crippen LogP contribution in [0.15, 0.2) is 12.1 Å². The number of hydrogen-bond acceptors (Lipinski definition) is 3. The standard InChI is InChI=1S/C13H15Cl2NOS/c1-3-16-6-12-9(7-17-2)13-10(15)4-8(14)5-11(13)18-12/h4-5,16H,3,6-7H2,1-2H3. The maximum atomic E-state index is 6.30. The van der Waals surface area contributed by atoms with Crippen LogP contribution in [0.4, 0.5) is 0 Å². The second kappa shape index (κ2) is 6.22. The summed E-state index contributed by atoms with van der Waals surface area (Å²) in [5.74, 6) is 0. The van der Waals surface area contributed by atoms with Gasteiger partial charge in [0.25, 0.3) is 0 Å². The molecule has 0 atom stereocenters. The van der Waals surface area contributed by atoms with Crippen molar-refractivity contribution < 1.29 is 4.74 Å². The highest BCUT2D eigenvalue weighted by Crippen LogP contribution is 2.38. The van der Waals surface area contributed by atoms with Crippen LogP contribution in [0.3, 0.4) is 0 Å². The van der Waals surface area contributed by atoms with Crippen molar-refractivity contribution in [2.75, 3.05) is 13.7 Å². The van der Waals surface area contributed by atoms with Crippen LogP contribution in [0.1, 0.15) is 17.4 Å². The van der Waals surface area contributed by atoms with E-state index in [4.69, 9.17) is 27.9 Å². The first-order valence-corrected chi connectivity index (χ1v) is 7.33. The molecule has 5 heteroatoms. The van der Waals surface area contributed by atoms with E-state index in [1.807, 2.05) is 6.07 Å². The van der Waals surface area contributed by atoms with Gasteiger partial charge in [-0.25, -0.2) is 0 Å². The van der Waals surface area contributed by atoms with E-state index in [-0.39, 0.29) is 0 Å². The fourth-order valence-electron chi connectivity index (χ4n) is 1.94. The lowest BCUT2D eigenvalue weighted by Crippen LogP contribution is -2.11. The molecule has 2 aromatic rings. The molecule has 0 fully saturated rings. The molecule has 0 bridgehead atoms. The van der Waals surface area contributed by atoms with E-state index in [0.29, 0.717) is 16.7 Å². The van der Waals surface area contributed by atoms with Crippen molar-refractivity contribution >= 4 is 44.6 Å². The summed E-state index contributed by atoms with van der Waals surface area (Å²) in [5, 5.41) is 5.78. The highest BCUT2D eigenvalue weighted by atomic mass is 35.5. The molecule has 0 spiro atoms. The van der Waals surface area contributed by atoms with Gasteiger partial charge < -0.3 is 10.1 Å². The number of nitrogens with one attached hydrogen (secondary N) is 1. The van der Waals surface area contributed by atoms with Gasteiger partial charge in [-0.2, -0.15) is 0 Å². The van der Waals surface area contributed by atoms with E-state index in [2.05, 4.69) is 12.2 Å². The Labute approximate surface area is 121 Å². The van der Waals surface area contributed by atoms with Crippen LogP contribution in [0, 0.1) is 0 Å². The second-order valence-electron chi connectivity index (χ2n) is 3.98. The first kappa shape index (κ1) is 14.1. The third-order valence-electron chi connectivity index (χ3n) is 2.71. The van der Waals surface area contributed by atoms with Crippen molar-refractivity contribution in [1.29, 1.82) is 0 Å². The summed E-state index contributed by atoms with van der Waals surface area (Å²) in [5.41, 5.74) is 1.17. The molecule has 2 nitrogen and oxygen atoms in total. The molecule has 0 aliphatic carbocycles. The quantitative estimate of drug-likeness (QED) is 0.880. The Morgan fingerprint density at radius 1 is 1.33 bits per heavy atom. The Kier molecular flexibility index (Phi) is 4.87. The third kappa shape index (κ3) is 2.81. The van der Waals surface area contributed by atoms with Crippen LogP contribution in [-0.2, 0) is 17.9 Å². The van der Waals surface area contributed by atoms with E-state index < -0.39 is 0 Å². The minimum atomic E-state index is 0.572. The highest BCUT2D eigenvalue weighted by Gasteiger charge is 2.15. The van der Waals surface area contributed by atoms with Gasteiger partial charge in [0, 0.05) is 39.2 Å². The zero-order valence-electron chi connectivity index (χ0n) is 10.3. The van der Waals surface area contributed by atoms with Gasteiger partial charge in [-0.05, 0) is 18.7 Å². The fourth-order valence-corrected chi connectivity index (χ4v) is 3.91. The Morgan fingerprint density at radius 2 is 2.11 bits per heavy atom. The van der Waals surface area contributed by atoms with Crippen molar-refractivity contribution in [3.63, 3.8) is 0 Å². The largest absolute Gasteiger partial charge is 0.380 e. The van der Waals surface area contributed by atoms with Crippen LogP contribution < -0.4 is 5.32 Å². The normalized spacial score (nSPS) is 11.3. The lowest BCUT2D eigenvalue weighted by atomic mass is 10.1. The van der Waals surface area contributed by atoms with Crippen molar-refractivity contribution in [2.24, 2.45) is 0 Å².